The highest BCUT2D eigenvalue weighted by atomic mass is 31.2. The maximum atomic E-state index is 12.9. The number of ether oxygens (including phenoxy) is 1. The normalized spacial score (nSPS) is 12.5. The van der Waals surface area contributed by atoms with Gasteiger partial charge in [0.05, 0.1) is 42.1 Å². The molecule has 1 aromatic carbocycles. The number of nitro benzene ring substituents is 1. The molecule has 0 saturated heterocycles. The Hall–Kier alpha value is -1.81. The quantitative estimate of drug-likeness (QED) is 0.0415. The van der Waals surface area contributed by atoms with E-state index in [0.29, 0.717) is 17.5 Å². The molecule has 6 nitrogen and oxygen atoms in total. The molecular formula is C30H51NO5P+. The Labute approximate surface area is 225 Å². The summed E-state index contributed by atoms with van der Waals surface area (Å²) >= 11 is 0. The van der Waals surface area contributed by atoms with Crippen LogP contribution in [0.2, 0.25) is 0 Å². The minimum atomic E-state index is -0.973. The van der Waals surface area contributed by atoms with Gasteiger partial charge in [-0.3, -0.25) is 19.7 Å². The predicted molar refractivity (Wildman–Crippen MR) is 157 cm³/mol. The van der Waals surface area contributed by atoms with Crippen molar-refractivity contribution in [3.8, 4) is 0 Å². The number of nitrogens with zero attached hydrogens (tertiary/aromatic N) is 1. The molecule has 1 atom stereocenters. The van der Waals surface area contributed by atoms with Crippen molar-refractivity contribution < 1.29 is 19.2 Å². The smallest absolute Gasteiger partial charge is 0.308 e. The van der Waals surface area contributed by atoms with Gasteiger partial charge >= 0.3 is 5.97 Å². The molecule has 7 heteroatoms. The summed E-state index contributed by atoms with van der Waals surface area (Å²) < 4.78 is 5.27. The molecule has 0 spiro atoms. The zero-order valence-electron chi connectivity index (χ0n) is 24.2. The third kappa shape index (κ3) is 11.6. The van der Waals surface area contributed by atoms with Gasteiger partial charge in [-0.1, -0.05) is 72.9 Å². The van der Waals surface area contributed by atoms with E-state index < -0.39 is 12.2 Å². The van der Waals surface area contributed by atoms with Crippen molar-refractivity contribution in [2.75, 3.05) is 31.3 Å². The summed E-state index contributed by atoms with van der Waals surface area (Å²) in [6.07, 6.45) is 15.4. The molecule has 0 amide bonds. The molecule has 0 N–H and O–H groups in total. The zero-order valence-corrected chi connectivity index (χ0v) is 25.1. The van der Waals surface area contributed by atoms with Gasteiger partial charge in [-0.2, -0.15) is 0 Å². The molecule has 0 aliphatic carbocycles. The van der Waals surface area contributed by atoms with Gasteiger partial charge in [0.1, 0.15) is 0 Å². The lowest BCUT2D eigenvalue weighted by Crippen LogP contribution is -2.16. The number of rotatable bonds is 20. The maximum Gasteiger partial charge on any atom is 0.308 e. The predicted octanol–water partition coefficient (Wildman–Crippen LogP) is 8.67. The second kappa shape index (κ2) is 17.7. The van der Waals surface area contributed by atoms with Crippen molar-refractivity contribution in [2.24, 2.45) is 5.92 Å². The van der Waals surface area contributed by atoms with E-state index in [1.54, 1.807) is 32.9 Å². The van der Waals surface area contributed by atoms with Crippen LogP contribution >= 0.6 is 7.26 Å². The van der Waals surface area contributed by atoms with Crippen molar-refractivity contribution in [3.05, 3.63) is 39.4 Å². The van der Waals surface area contributed by atoms with Crippen LogP contribution in [0.15, 0.2) is 18.2 Å². The molecule has 0 radical (unpaired) electrons. The van der Waals surface area contributed by atoms with Gasteiger partial charge < -0.3 is 4.74 Å². The van der Waals surface area contributed by atoms with E-state index in [4.69, 9.17) is 4.74 Å². The summed E-state index contributed by atoms with van der Waals surface area (Å²) in [5.41, 5.74) is 0.795. The first kappa shape index (κ1) is 33.2. The van der Waals surface area contributed by atoms with Crippen molar-refractivity contribution in [1.29, 1.82) is 0 Å². The van der Waals surface area contributed by atoms with E-state index in [1.807, 2.05) is 0 Å². The van der Waals surface area contributed by atoms with Crippen LogP contribution in [0.1, 0.15) is 121 Å². The van der Waals surface area contributed by atoms with Crippen LogP contribution in [-0.2, 0) is 9.53 Å². The topological polar surface area (TPSA) is 86.5 Å². The van der Waals surface area contributed by atoms with Gasteiger partial charge in [0.15, 0.2) is 5.78 Å². The van der Waals surface area contributed by atoms with Crippen molar-refractivity contribution in [3.63, 3.8) is 0 Å². The van der Waals surface area contributed by atoms with E-state index >= 15 is 0 Å². The molecule has 0 aliphatic rings. The van der Waals surface area contributed by atoms with E-state index in [1.165, 1.54) is 69.2 Å². The third-order valence-corrected chi connectivity index (χ3v) is 12.3. The Morgan fingerprint density at radius 3 is 1.92 bits per heavy atom. The Morgan fingerprint density at radius 2 is 1.43 bits per heavy atom. The largest absolute Gasteiger partial charge is 0.465 e. The molecule has 0 aromatic heterocycles. The molecule has 1 rings (SSSR count). The highest BCUT2D eigenvalue weighted by Crippen LogP contribution is 2.61. The molecular weight excluding hydrogens is 485 g/mol. The molecule has 210 valence electrons. The first-order chi connectivity index (χ1) is 17.6. The number of Topliss-reactive ketones (excluding diaryl/α,β-unsaturated/α-hetero) is 1. The lowest BCUT2D eigenvalue weighted by atomic mass is 9.96. The Kier molecular flexibility index (Phi) is 15.8. The van der Waals surface area contributed by atoms with E-state index in [0.717, 1.165) is 12.8 Å². The number of esters is 1. The fraction of sp³-hybridized carbons (Fsp3) is 0.733. The number of hydrogen-bond acceptors (Lipinski definition) is 5. The van der Waals surface area contributed by atoms with Crippen LogP contribution in [-0.4, -0.2) is 47.9 Å². The third-order valence-electron chi connectivity index (χ3n) is 7.27. The summed E-state index contributed by atoms with van der Waals surface area (Å²) in [5, 5.41) is 11.8. The average molecular weight is 537 g/mol. The number of hydrogen-bond donors (Lipinski definition) is 0. The summed E-state index contributed by atoms with van der Waals surface area (Å²) in [7, 11) is -0.973. The number of carbonyl (C=O) groups excluding carboxylic acids is 2. The fourth-order valence-corrected chi connectivity index (χ4v) is 9.98. The number of benzene rings is 1. The number of unbranched alkanes of at least 4 members (excludes halogenated alkanes) is 4. The molecule has 0 bridgehead atoms. The van der Waals surface area contributed by atoms with Crippen molar-refractivity contribution in [2.45, 2.75) is 105 Å². The Morgan fingerprint density at radius 1 is 0.892 bits per heavy atom. The number of ketones is 1. The highest BCUT2D eigenvalue weighted by Gasteiger charge is 2.34. The van der Waals surface area contributed by atoms with Crippen molar-refractivity contribution >= 4 is 24.7 Å². The SMILES string of the molecule is CCCC[P+](CCCC)(CCCC)CCCCC(=O)c1ccc(C(C)COC(=O)C(C)C)c([N+](=O)[O-])c1. The van der Waals surface area contributed by atoms with Crippen LogP contribution < -0.4 is 0 Å². The lowest BCUT2D eigenvalue weighted by molar-refractivity contribution is -0.385. The molecule has 37 heavy (non-hydrogen) atoms. The summed E-state index contributed by atoms with van der Waals surface area (Å²) in [5.74, 6) is -0.946. The monoisotopic (exact) mass is 536 g/mol. The summed E-state index contributed by atoms with van der Waals surface area (Å²) in [6.45, 7) is 12.2. The van der Waals surface area contributed by atoms with Gasteiger partial charge in [0.2, 0.25) is 0 Å². The second-order valence-electron chi connectivity index (χ2n) is 10.9. The zero-order chi connectivity index (χ0) is 27.8. The minimum Gasteiger partial charge on any atom is -0.465 e. The van der Waals surface area contributed by atoms with E-state index in [-0.39, 0.29) is 35.9 Å². The molecule has 0 heterocycles. The Balaban J connectivity index is 2.83. The van der Waals surface area contributed by atoms with Gasteiger partial charge in [0.25, 0.3) is 5.69 Å². The molecule has 1 aromatic rings. The standard InChI is InChI=1S/C30H51NO5P/c1-7-10-18-37(19-11-8-2,20-12-9-3)21-14-13-15-29(32)26-16-17-27(28(22-26)31(34)35)25(6)23-36-30(33)24(4)5/h16-17,22,24-25H,7-15,18-21,23H2,1-6H3/q+1. The summed E-state index contributed by atoms with van der Waals surface area (Å²) in [4.78, 5) is 36.1. The molecule has 0 aliphatic heterocycles. The number of nitro groups is 1. The van der Waals surface area contributed by atoms with Crippen LogP contribution in [0.4, 0.5) is 5.69 Å². The Bertz CT molecular complexity index is 833. The van der Waals surface area contributed by atoms with Gasteiger partial charge in [-0.05, 0) is 32.1 Å². The number of carbonyl (C=O) groups is 2. The summed E-state index contributed by atoms with van der Waals surface area (Å²) in [6, 6.07) is 4.74. The first-order valence-corrected chi connectivity index (χ1v) is 17.0. The molecule has 0 saturated carbocycles. The van der Waals surface area contributed by atoms with Gasteiger partial charge in [0, 0.05) is 36.8 Å². The van der Waals surface area contributed by atoms with E-state index in [9.17, 15) is 19.7 Å². The first-order valence-electron chi connectivity index (χ1n) is 14.4. The second-order valence-corrected chi connectivity index (χ2v) is 15.4. The maximum absolute atomic E-state index is 12.9. The molecule has 1 unspecified atom stereocenters. The lowest BCUT2D eigenvalue weighted by Gasteiger charge is -2.28. The van der Waals surface area contributed by atoms with Crippen molar-refractivity contribution in [1.82, 2.24) is 0 Å². The van der Waals surface area contributed by atoms with E-state index in [2.05, 4.69) is 20.8 Å². The van der Waals surface area contributed by atoms with Crippen LogP contribution in [0.3, 0.4) is 0 Å². The van der Waals surface area contributed by atoms with Gasteiger partial charge in [-0.25, -0.2) is 0 Å². The van der Waals surface area contributed by atoms with Gasteiger partial charge in [-0.15, -0.1) is 0 Å². The minimum absolute atomic E-state index is 0.0341. The molecule has 0 fully saturated rings. The van der Waals surface area contributed by atoms with Crippen LogP contribution in [0.25, 0.3) is 0 Å². The average Bonchev–Trinajstić information content (AvgIpc) is 2.89. The highest BCUT2D eigenvalue weighted by molar-refractivity contribution is 7.75. The van der Waals surface area contributed by atoms with Crippen LogP contribution in [0, 0.1) is 16.0 Å². The fourth-order valence-electron chi connectivity index (χ4n) is 4.78. The van der Waals surface area contributed by atoms with Crippen LogP contribution in [0.5, 0.6) is 0 Å².